The average molecular weight is 286 g/mol. The monoisotopic (exact) mass is 286 g/mol. The summed E-state index contributed by atoms with van der Waals surface area (Å²) in [5.41, 5.74) is 5.93. The van der Waals surface area contributed by atoms with Crippen molar-refractivity contribution in [2.45, 2.75) is 6.42 Å². The van der Waals surface area contributed by atoms with Crippen LogP contribution in [-0.2, 0) is 9.53 Å². The zero-order valence-electron chi connectivity index (χ0n) is 11.2. The van der Waals surface area contributed by atoms with E-state index in [0.29, 0.717) is 45.2 Å². The Morgan fingerprint density at radius 3 is 2.53 bits per heavy atom. The standard InChI is InChI=1S/C12H22N4O2S/c13-12(16-5-9-19-10-6-16)14-2-1-11(17)15-3-7-18-8-4-15/h1-10H2,(H2,13,14). The summed E-state index contributed by atoms with van der Waals surface area (Å²) >= 11 is 1.94. The molecule has 0 atom stereocenters. The molecule has 7 heteroatoms. The lowest BCUT2D eigenvalue weighted by molar-refractivity contribution is -0.135. The first-order valence-corrected chi connectivity index (χ1v) is 7.91. The number of ether oxygens (including phenoxy) is 1. The van der Waals surface area contributed by atoms with Gasteiger partial charge >= 0.3 is 0 Å². The van der Waals surface area contributed by atoms with Crippen LogP contribution >= 0.6 is 11.8 Å². The van der Waals surface area contributed by atoms with Gasteiger partial charge in [-0.2, -0.15) is 11.8 Å². The Morgan fingerprint density at radius 1 is 1.16 bits per heavy atom. The highest BCUT2D eigenvalue weighted by Crippen LogP contribution is 2.08. The summed E-state index contributed by atoms with van der Waals surface area (Å²) in [6.45, 7) is 5.06. The first-order chi connectivity index (χ1) is 9.27. The summed E-state index contributed by atoms with van der Waals surface area (Å²) in [6, 6.07) is 0. The van der Waals surface area contributed by atoms with Gasteiger partial charge in [0.2, 0.25) is 5.91 Å². The zero-order chi connectivity index (χ0) is 13.5. The predicted molar refractivity (Wildman–Crippen MR) is 77.4 cm³/mol. The maximum absolute atomic E-state index is 11.9. The molecular weight excluding hydrogens is 264 g/mol. The number of carbonyl (C=O) groups excluding carboxylic acids is 1. The predicted octanol–water partition coefficient (Wildman–Crippen LogP) is -0.401. The quantitative estimate of drug-likeness (QED) is 0.564. The van der Waals surface area contributed by atoms with E-state index in [1.807, 2.05) is 16.7 Å². The number of morpholine rings is 1. The van der Waals surface area contributed by atoms with Crippen LogP contribution in [0.3, 0.4) is 0 Å². The largest absolute Gasteiger partial charge is 0.378 e. The average Bonchev–Trinajstić information content (AvgIpc) is 2.49. The number of rotatable bonds is 3. The van der Waals surface area contributed by atoms with E-state index in [1.165, 1.54) is 0 Å². The van der Waals surface area contributed by atoms with Crippen LogP contribution in [0.1, 0.15) is 6.42 Å². The van der Waals surface area contributed by atoms with Crippen LogP contribution in [0.25, 0.3) is 0 Å². The fourth-order valence-corrected chi connectivity index (χ4v) is 3.03. The summed E-state index contributed by atoms with van der Waals surface area (Å²) in [5.74, 6) is 2.93. The van der Waals surface area contributed by atoms with E-state index < -0.39 is 0 Å². The zero-order valence-corrected chi connectivity index (χ0v) is 12.0. The van der Waals surface area contributed by atoms with Crippen LogP contribution in [0.5, 0.6) is 0 Å². The molecular formula is C12H22N4O2S. The number of hydrogen-bond donors (Lipinski definition) is 1. The van der Waals surface area contributed by atoms with Crippen molar-refractivity contribution in [1.82, 2.24) is 9.80 Å². The number of nitrogens with zero attached hydrogens (tertiary/aromatic N) is 3. The van der Waals surface area contributed by atoms with E-state index in [9.17, 15) is 4.79 Å². The molecule has 2 rings (SSSR count). The maximum Gasteiger partial charge on any atom is 0.224 e. The molecule has 2 N–H and O–H groups in total. The topological polar surface area (TPSA) is 71.2 Å². The van der Waals surface area contributed by atoms with Gasteiger partial charge in [0.25, 0.3) is 0 Å². The molecule has 0 aromatic rings. The van der Waals surface area contributed by atoms with Crippen LogP contribution in [0.2, 0.25) is 0 Å². The molecule has 2 aliphatic rings. The molecule has 2 aliphatic heterocycles. The van der Waals surface area contributed by atoms with Crippen molar-refractivity contribution in [3.63, 3.8) is 0 Å². The van der Waals surface area contributed by atoms with Gasteiger partial charge in [-0.1, -0.05) is 0 Å². The van der Waals surface area contributed by atoms with Gasteiger partial charge in [0, 0.05) is 44.1 Å². The third kappa shape index (κ3) is 4.58. The minimum absolute atomic E-state index is 0.147. The highest BCUT2D eigenvalue weighted by Gasteiger charge is 2.16. The van der Waals surface area contributed by atoms with Crippen LogP contribution in [0.15, 0.2) is 4.99 Å². The number of amides is 1. The van der Waals surface area contributed by atoms with Crippen LogP contribution in [-0.4, -0.2) is 79.1 Å². The third-order valence-corrected chi connectivity index (χ3v) is 4.24. The first kappa shape index (κ1) is 14.5. The van der Waals surface area contributed by atoms with Gasteiger partial charge in [0.05, 0.1) is 19.8 Å². The summed E-state index contributed by atoms with van der Waals surface area (Å²) in [4.78, 5) is 20.1. The van der Waals surface area contributed by atoms with Crippen LogP contribution in [0.4, 0.5) is 0 Å². The molecule has 6 nitrogen and oxygen atoms in total. The summed E-state index contributed by atoms with van der Waals surface area (Å²) in [5, 5.41) is 0. The van der Waals surface area contributed by atoms with Gasteiger partial charge in [-0.25, -0.2) is 0 Å². The van der Waals surface area contributed by atoms with E-state index in [0.717, 1.165) is 24.6 Å². The van der Waals surface area contributed by atoms with E-state index in [-0.39, 0.29) is 5.91 Å². The lowest BCUT2D eigenvalue weighted by atomic mass is 10.3. The van der Waals surface area contributed by atoms with E-state index >= 15 is 0 Å². The maximum atomic E-state index is 11.9. The van der Waals surface area contributed by atoms with E-state index in [1.54, 1.807) is 0 Å². The fourth-order valence-electron chi connectivity index (χ4n) is 2.13. The smallest absolute Gasteiger partial charge is 0.224 e. The van der Waals surface area contributed by atoms with Gasteiger partial charge in [0.15, 0.2) is 5.96 Å². The number of nitrogens with two attached hydrogens (primary N) is 1. The molecule has 0 aliphatic carbocycles. The molecule has 19 heavy (non-hydrogen) atoms. The van der Waals surface area contributed by atoms with Crippen molar-refractivity contribution in [1.29, 1.82) is 0 Å². The van der Waals surface area contributed by atoms with Crippen LogP contribution < -0.4 is 5.73 Å². The van der Waals surface area contributed by atoms with E-state index in [2.05, 4.69) is 9.89 Å². The first-order valence-electron chi connectivity index (χ1n) is 6.75. The summed E-state index contributed by atoms with van der Waals surface area (Å²) < 4.78 is 5.22. The second kappa shape index (κ2) is 7.59. The molecule has 0 unspecified atom stereocenters. The van der Waals surface area contributed by atoms with Gasteiger partial charge in [-0.3, -0.25) is 9.79 Å². The minimum Gasteiger partial charge on any atom is -0.378 e. The molecule has 1 amide bonds. The Morgan fingerprint density at radius 2 is 1.84 bits per heavy atom. The number of guanidine groups is 1. The van der Waals surface area contributed by atoms with Gasteiger partial charge in [-0.15, -0.1) is 0 Å². The number of carbonyl (C=O) groups is 1. The summed E-state index contributed by atoms with van der Waals surface area (Å²) in [6.07, 6.45) is 0.434. The van der Waals surface area contributed by atoms with E-state index in [4.69, 9.17) is 10.5 Å². The number of thioether (sulfide) groups is 1. The lowest BCUT2D eigenvalue weighted by Gasteiger charge is -2.28. The highest BCUT2D eigenvalue weighted by molar-refractivity contribution is 7.99. The van der Waals surface area contributed by atoms with Crippen molar-refractivity contribution in [2.24, 2.45) is 10.7 Å². The SMILES string of the molecule is NC(=NCCC(=O)N1CCOCC1)N1CCSCC1. The van der Waals surface area contributed by atoms with Crippen molar-refractivity contribution < 1.29 is 9.53 Å². The number of aliphatic imine (C=N–C) groups is 1. The van der Waals surface area contributed by atoms with Crippen molar-refractivity contribution in [3.8, 4) is 0 Å². The van der Waals surface area contributed by atoms with Crippen molar-refractivity contribution in [3.05, 3.63) is 0 Å². The highest BCUT2D eigenvalue weighted by atomic mass is 32.2. The second-order valence-electron chi connectivity index (χ2n) is 4.58. The minimum atomic E-state index is 0.147. The van der Waals surface area contributed by atoms with Gasteiger partial charge in [0.1, 0.15) is 0 Å². The van der Waals surface area contributed by atoms with Gasteiger partial charge < -0.3 is 20.3 Å². The second-order valence-corrected chi connectivity index (χ2v) is 5.81. The van der Waals surface area contributed by atoms with Crippen molar-refractivity contribution in [2.75, 3.05) is 57.4 Å². The molecule has 108 valence electrons. The normalized spacial score (nSPS) is 21.6. The molecule has 2 fully saturated rings. The molecule has 0 aromatic carbocycles. The molecule has 2 heterocycles. The Kier molecular flexibility index (Phi) is 5.78. The molecule has 0 bridgehead atoms. The third-order valence-electron chi connectivity index (χ3n) is 3.30. The Bertz CT molecular complexity index is 326. The molecule has 2 saturated heterocycles. The molecule has 0 radical (unpaired) electrons. The van der Waals surface area contributed by atoms with Gasteiger partial charge in [-0.05, 0) is 0 Å². The van der Waals surface area contributed by atoms with Crippen LogP contribution in [0, 0.1) is 0 Å². The Balaban J connectivity index is 1.70. The molecule has 0 aromatic heterocycles. The lowest BCUT2D eigenvalue weighted by Crippen LogP contribution is -2.43. The molecule has 0 spiro atoms. The Hall–Kier alpha value is -0.950. The number of hydrogen-bond acceptors (Lipinski definition) is 4. The Labute approximate surface area is 118 Å². The molecule has 0 saturated carbocycles. The fraction of sp³-hybridized carbons (Fsp3) is 0.833. The summed E-state index contributed by atoms with van der Waals surface area (Å²) in [7, 11) is 0. The van der Waals surface area contributed by atoms with Crippen molar-refractivity contribution >= 4 is 23.6 Å².